The Morgan fingerprint density at radius 1 is 1.00 bits per heavy atom. The van der Waals surface area contributed by atoms with Gasteiger partial charge in [-0.15, -0.1) is 0 Å². The summed E-state index contributed by atoms with van der Waals surface area (Å²) in [5.74, 6) is 0.160. The largest absolute Gasteiger partial charge is 0.338 e. The molecule has 2 aliphatic heterocycles. The number of carbonyl (C=O) groups is 2. The van der Waals surface area contributed by atoms with E-state index in [1.807, 2.05) is 41.3 Å². The summed E-state index contributed by atoms with van der Waals surface area (Å²) in [6, 6.07) is 18.1. The molecule has 3 aliphatic rings. The second kappa shape index (κ2) is 5.19. The second-order valence-electron chi connectivity index (χ2n) is 7.41. The molecule has 2 fully saturated rings. The maximum absolute atomic E-state index is 13.2. The van der Waals surface area contributed by atoms with Gasteiger partial charge in [0.05, 0.1) is 0 Å². The summed E-state index contributed by atoms with van der Waals surface area (Å²) in [6.07, 6.45) is 1.54. The van der Waals surface area contributed by atoms with Crippen molar-refractivity contribution in [2.24, 2.45) is 11.8 Å². The van der Waals surface area contributed by atoms with Crippen LogP contribution in [-0.2, 0) is 21.5 Å². The van der Waals surface area contributed by atoms with E-state index >= 15 is 0 Å². The molecule has 0 bridgehead atoms. The molecule has 25 heavy (non-hydrogen) atoms. The number of fused-ring (bicyclic) bond motifs is 1. The maximum Gasteiger partial charge on any atom is 0.228 e. The fourth-order valence-corrected chi connectivity index (χ4v) is 5.09. The molecule has 0 radical (unpaired) electrons. The van der Waals surface area contributed by atoms with Crippen LogP contribution in [-0.4, -0.2) is 23.3 Å². The third-order valence-electron chi connectivity index (χ3n) is 6.34. The summed E-state index contributed by atoms with van der Waals surface area (Å²) in [5, 5.41) is 3.02. The van der Waals surface area contributed by atoms with Gasteiger partial charge in [0.1, 0.15) is 0 Å². The lowest BCUT2D eigenvalue weighted by molar-refractivity contribution is -0.160. The molecule has 0 unspecified atom stereocenters. The first kappa shape index (κ1) is 14.7. The van der Waals surface area contributed by atoms with Gasteiger partial charge in [-0.05, 0) is 30.0 Å². The predicted molar refractivity (Wildman–Crippen MR) is 94.8 cm³/mol. The van der Waals surface area contributed by atoms with Gasteiger partial charge in [0, 0.05) is 36.0 Å². The van der Waals surface area contributed by atoms with Crippen molar-refractivity contribution < 1.29 is 9.59 Å². The summed E-state index contributed by atoms with van der Waals surface area (Å²) < 4.78 is 0. The highest BCUT2D eigenvalue weighted by atomic mass is 16.2. The van der Waals surface area contributed by atoms with E-state index in [1.165, 1.54) is 0 Å². The van der Waals surface area contributed by atoms with Crippen LogP contribution in [0.3, 0.4) is 0 Å². The van der Waals surface area contributed by atoms with Gasteiger partial charge in [-0.25, -0.2) is 0 Å². The SMILES string of the molecule is O=C1Nc2ccccc2[C@]23CCN(Cc4ccccc4)C(=O)[C@H]2C[C@H]13. The minimum Gasteiger partial charge on any atom is -0.338 e. The Balaban J connectivity index is 1.48. The molecule has 1 spiro atoms. The lowest BCUT2D eigenvalue weighted by atomic mass is 9.45. The van der Waals surface area contributed by atoms with Crippen LogP contribution < -0.4 is 5.32 Å². The number of nitrogens with one attached hydrogen (secondary N) is 1. The van der Waals surface area contributed by atoms with Crippen molar-refractivity contribution in [2.45, 2.75) is 24.8 Å². The molecule has 4 heteroatoms. The molecule has 1 aliphatic carbocycles. The monoisotopic (exact) mass is 332 g/mol. The van der Waals surface area contributed by atoms with Gasteiger partial charge in [-0.1, -0.05) is 48.5 Å². The normalized spacial score (nSPS) is 29.8. The minimum atomic E-state index is -0.288. The van der Waals surface area contributed by atoms with E-state index in [4.69, 9.17) is 0 Å². The van der Waals surface area contributed by atoms with Crippen LogP contribution in [0.2, 0.25) is 0 Å². The van der Waals surface area contributed by atoms with Crippen LogP contribution in [0.25, 0.3) is 0 Å². The van der Waals surface area contributed by atoms with Gasteiger partial charge < -0.3 is 10.2 Å². The Hall–Kier alpha value is -2.62. The van der Waals surface area contributed by atoms with Gasteiger partial charge in [-0.2, -0.15) is 0 Å². The number of anilines is 1. The molecule has 1 N–H and O–H groups in total. The van der Waals surface area contributed by atoms with Crippen LogP contribution in [0.1, 0.15) is 24.0 Å². The van der Waals surface area contributed by atoms with E-state index < -0.39 is 0 Å². The van der Waals surface area contributed by atoms with E-state index in [0.717, 1.165) is 23.2 Å². The molecular weight excluding hydrogens is 312 g/mol. The zero-order valence-electron chi connectivity index (χ0n) is 13.9. The van der Waals surface area contributed by atoms with Crippen molar-refractivity contribution in [1.82, 2.24) is 4.90 Å². The Morgan fingerprint density at radius 2 is 1.76 bits per heavy atom. The van der Waals surface area contributed by atoms with Crippen LogP contribution in [0, 0.1) is 11.8 Å². The van der Waals surface area contributed by atoms with Crippen LogP contribution in [0.5, 0.6) is 0 Å². The molecule has 2 aromatic carbocycles. The number of nitrogens with zero attached hydrogens (tertiary/aromatic N) is 1. The first-order valence-corrected chi connectivity index (χ1v) is 8.93. The third kappa shape index (κ3) is 1.94. The summed E-state index contributed by atoms with van der Waals surface area (Å²) in [7, 11) is 0. The fraction of sp³-hybridized carbons (Fsp3) is 0.333. The molecule has 2 aromatic rings. The van der Waals surface area contributed by atoms with Crippen LogP contribution in [0.4, 0.5) is 5.69 Å². The van der Waals surface area contributed by atoms with E-state index in [-0.39, 0.29) is 29.1 Å². The average Bonchev–Trinajstić information content (AvgIpc) is 2.60. The Labute approximate surface area is 146 Å². The van der Waals surface area contributed by atoms with Gasteiger partial charge in [-0.3, -0.25) is 9.59 Å². The van der Waals surface area contributed by atoms with Crippen molar-refractivity contribution in [3.63, 3.8) is 0 Å². The zero-order chi connectivity index (χ0) is 17.0. The van der Waals surface area contributed by atoms with Crippen molar-refractivity contribution >= 4 is 17.5 Å². The van der Waals surface area contributed by atoms with E-state index in [1.54, 1.807) is 0 Å². The number of hydrogen-bond donors (Lipinski definition) is 1. The Morgan fingerprint density at radius 3 is 2.60 bits per heavy atom. The molecule has 1 saturated heterocycles. The van der Waals surface area contributed by atoms with E-state index in [9.17, 15) is 9.59 Å². The van der Waals surface area contributed by atoms with E-state index in [2.05, 4.69) is 23.5 Å². The van der Waals surface area contributed by atoms with Gasteiger partial charge >= 0.3 is 0 Å². The summed E-state index contributed by atoms with van der Waals surface area (Å²) in [6.45, 7) is 1.37. The van der Waals surface area contributed by atoms with Crippen LogP contribution in [0.15, 0.2) is 54.6 Å². The molecule has 1 saturated carbocycles. The number of carbonyl (C=O) groups excluding carboxylic acids is 2. The number of hydrogen-bond acceptors (Lipinski definition) is 2. The fourth-order valence-electron chi connectivity index (χ4n) is 5.09. The highest BCUT2D eigenvalue weighted by Gasteiger charge is 2.66. The number of rotatable bonds is 2. The maximum atomic E-state index is 13.2. The summed E-state index contributed by atoms with van der Waals surface area (Å²) >= 11 is 0. The van der Waals surface area contributed by atoms with Gasteiger partial charge in [0.2, 0.25) is 11.8 Å². The quantitative estimate of drug-likeness (QED) is 0.919. The lowest BCUT2D eigenvalue weighted by Gasteiger charge is -2.61. The Kier molecular flexibility index (Phi) is 3.05. The topological polar surface area (TPSA) is 49.4 Å². The third-order valence-corrected chi connectivity index (χ3v) is 6.34. The van der Waals surface area contributed by atoms with Crippen molar-refractivity contribution in [3.05, 3.63) is 65.7 Å². The van der Waals surface area contributed by atoms with Gasteiger partial charge in [0.15, 0.2) is 0 Å². The number of benzene rings is 2. The number of para-hydroxylation sites is 1. The number of likely N-dealkylation sites (tertiary alicyclic amines) is 1. The predicted octanol–water partition coefficient (Wildman–Crippen LogP) is 2.95. The summed E-state index contributed by atoms with van der Waals surface area (Å²) in [5.41, 5.74) is 2.91. The van der Waals surface area contributed by atoms with E-state index in [0.29, 0.717) is 19.5 Å². The zero-order valence-corrected chi connectivity index (χ0v) is 13.9. The average molecular weight is 332 g/mol. The molecule has 0 aromatic heterocycles. The van der Waals surface area contributed by atoms with Crippen molar-refractivity contribution in [2.75, 3.05) is 11.9 Å². The van der Waals surface area contributed by atoms with Crippen molar-refractivity contribution in [1.29, 1.82) is 0 Å². The highest BCUT2D eigenvalue weighted by Crippen LogP contribution is 2.61. The lowest BCUT2D eigenvalue weighted by Crippen LogP contribution is -2.67. The smallest absolute Gasteiger partial charge is 0.228 e. The van der Waals surface area contributed by atoms with Gasteiger partial charge in [0.25, 0.3) is 0 Å². The highest BCUT2D eigenvalue weighted by molar-refractivity contribution is 6.01. The molecule has 4 nitrogen and oxygen atoms in total. The standard InChI is InChI=1S/C21H20N2O2/c24-19-16-12-17-20(25)23(13-14-6-2-1-3-7-14)11-10-21(16,17)15-8-4-5-9-18(15)22-19/h1-9,16-17H,10-13H2,(H,22,24)/t16-,17-,21+/m1/s1. The minimum absolute atomic E-state index is 0.0600. The molecule has 2 amide bonds. The number of amides is 2. The Bertz CT molecular complexity index is 863. The van der Waals surface area contributed by atoms with Crippen molar-refractivity contribution in [3.8, 4) is 0 Å². The molecule has 2 heterocycles. The molecule has 126 valence electrons. The summed E-state index contributed by atoms with van der Waals surface area (Å²) in [4.78, 5) is 27.6. The molecular formula is C21H20N2O2. The molecule has 3 atom stereocenters. The first-order valence-electron chi connectivity index (χ1n) is 8.93. The second-order valence-corrected chi connectivity index (χ2v) is 7.41. The number of piperidine rings is 1. The van der Waals surface area contributed by atoms with Crippen LogP contribution >= 0.6 is 0 Å². The first-order chi connectivity index (χ1) is 12.2. The molecule has 5 rings (SSSR count).